The van der Waals surface area contributed by atoms with Gasteiger partial charge in [-0.2, -0.15) is 0 Å². The van der Waals surface area contributed by atoms with Gasteiger partial charge in [0.25, 0.3) is 7.82 Å². The molecule has 0 saturated heterocycles. The molecule has 0 aromatic carbocycles. The molecule has 0 aromatic rings. The average molecular weight is 758 g/mol. The summed E-state index contributed by atoms with van der Waals surface area (Å²) in [5, 5.41) is 0. The van der Waals surface area contributed by atoms with E-state index in [9.17, 15) is 19.0 Å². The monoisotopic (exact) mass is 758 g/mol. The summed E-state index contributed by atoms with van der Waals surface area (Å²) >= 11 is 0. The summed E-state index contributed by atoms with van der Waals surface area (Å²) in [7, 11) is 1.16. The number of carbonyl (C=O) groups is 2. The highest BCUT2D eigenvalue weighted by Gasteiger charge is 2.21. The first-order valence-electron chi connectivity index (χ1n) is 21.0. The molecule has 0 saturated carbocycles. The molecule has 306 valence electrons. The van der Waals surface area contributed by atoms with Crippen LogP contribution in [0.25, 0.3) is 0 Å². The number of carbonyl (C=O) groups excluding carboxylic acids is 2. The third-order valence-electron chi connectivity index (χ3n) is 8.94. The van der Waals surface area contributed by atoms with Crippen molar-refractivity contribution >= 4 is 19.8 Å². The number of rotatable bonds is 38. The summed E-state index contributed by atoms with van der Waals surface area (Å²) in [5.41, 5.74) is 0. The Bertz CT molecular complexity index is 949. The molecule has 0 aliphatic carbocycles. The quantitative estimate of drug-likeness (QED) is 0.0201. The molecule has 1 unspecified atom stereocenters. The fourth-order valence-corrected chi connectivity index (χ4v) is 6.31. The third-order valence-corrected chi connectivity index (χ3v) is 9.91. The van der Waals surface area contributed by atoms with Crippen molar-refractivity contribution in [1.29, 1.82) is 0 Å². The smallest absolute Gasteiger partial charge is 0.306 e. The maximum atomic E-state index is 12.6. The lowest BCUT2D eigenvalue weighted by atomic mass is 10.1. The summed E-state index contributed by atoms with van der Waals surface area (Å²) < 4.78 is 33.8. The van der Waals surface area contributed by atoms with Gasteiger partial charge in [-0.3, -0.25) is 14.2 Å². The SMILES string of the molecule is CCCCCC/C=C/CCCCCCCCCC(=O)OC[C@H](COP(=O)([O-])OCC[N+](C)(C)C)OC(=O)CCCCC/C=C/CCCCCCCC. The van der Waals surface area contributed by atoms with Crippen molar-refractivity contribution in [1.82, 2.24) is 0 Å². The van der Waals surface area contributed by atoms with Crippen LogP contribution in [0.2, 0.25) is 0 Å². The van der Waals surface area contributed by atoms with Gasteiger partial charge in [-0.25, -0.2) is 0 Å². The normalized spacial score (nSPS) is 13.9. The molecular formula is C42H80NO8P. The fraction of sp³-hybridized carbons (Fsp3) is 0.857. The highest BCUT2D eigenvalue weighted by Crippen LogP contribution is 2.38. The largest absolute Gasteiger partial charge is 0.756 e. The van der Waals surface area contributed by atoms with E-state index in [2.05, 4.69) is 38.2 Å². The fourth-order valence-electron chi connectivity index (χ4n) is 5.58. The zero-order chi connectivity index (χ0) is 38.6. The maximum Gasteiger partial charge on any atom is 0.306 e. The molecule has 0 spiro atoms. The van der Waals surface area contributed by atoms with Crippen LogP contribution in [0.1, 0.15) is 181 Å². The molecule has 0 N–H and O–H groups in total. The number of phosphoric ester groups is 1. The van der Waals surface area contributed by atoms with Crippen molar-refractivity contribution in [3.63, 3.8) is 0 Å². The second-order valence-corrected chi connectivity index (χ2v) is 16.8. The molecule has 52 heavy (non-hydrogen) atoms. The number of hydrogen-bond acceptors (Lipinski definition) is 8. The summed E-state index contributed by atoms with van der Waals surface area (Å²) in [5.74, 6) is -0.857. The van der Waals surface area contributed by atoms with Crippen molar-refractivity contribution in [2.45, 2.75) is 187 Å². The van der Waals surface area contributed by atoms with Crippen LogP contribution in [0.3, 0.4) is 0 Å². The van der Waals surface area contributed by atoms with E-state index in [1.54, 1.807) is 0 Å². The summed E-state index contributed by atoms with van der Waals surface area (Å²) in [4.78, 5) is 37.4. The van der Waals surface area contributed by atoms with Crippen molar-refractivity contribution in [2.75, 3.05) is 47.5 Å². The Morgan fingerprint density at radius 2 is 0.981 bits per heavy atom. The lowest BCUT2D eigenvalue weighted by molar-refractivity contribution is -0.870. The van der Waals surface area contributed by atoms with Gasteiger partial charge in [0.1, 0.15) is 19.8 Å². The minimum Gasteiger partial charge on any atom is -0.756 e. The van der Waals surface area contributed by atoms with Crippen molar-refractivity contribution in [3.05, 3.63) is 24.3 Å². The standard InChI is InChI=1S/C42H80NO8P/c1-6-8-10-12-14-16-18-20-21-23-24-26-28-30-32-34-41(44)48-38-40(39-50-52(46,47)49-37-36-43(3,4)5)51-42(45)35-33-31-29-27-25-22-19-17-15-13-11-9-7-2/h16,18,22,25,40H,6-15,17,19-21,23-24,26-39H2,1-5H3/b18-16+,25-22+/t40-/m1/s1. The summed E-state index contributed by atoms with van der Waals surface area (Å²) in [6, 6.07) is 0. The van der Waals surface area contributed by atoms with Crippen LogP contribution in [-0.2, 0) is 32.7 Å². The number of ether oxygens (including phenoxy) is 2. The highest BCUT2D eigenvalue weighted by molar-refractivity contribution is 7.45. The minimum atomic E-state index is -4.62. The van der Waals surface area contributed by atoms with Gasteiger partial charge >= 0.3 is 11.9 Å². The van der Waals surface area contributed by atoms with Gasteiger partial charge in [-0.1, -0.05) is 128 Å². The number of phosphoric acid groups is 1. The van der Waals surface area contributed by atoms with Gasteiger partial charge in [-0.15, -0.1) is 0 Å². The first-order chi connectivity index (χ1) is 25.0. The van der Waals surface area contributed by atoms with Gasteiger partial charge in [0.05, 0.1) is 27.7 Å². The van der Waals surface area contributed by atoms with E-state index >= 15 is 0 Å². The molecule has 0 bridgehead atoms. The Hall–Kier alpha value is -1.51. The Morgan fingerprint density at radius 3 is 1.46 bits per heavy atom. The molecule has 10 heteroatoms. The second-order valence-electron chi connectivity index (χ2n) is 15.3. The molecule has 0 fully saturated rings. The molecule has 2 atom stereocenters. The van der Waals surface area contributed by atoms with Crippen LogP contribution in [-0.4, -0.2) is 70.0 Å². The third kappa shape index (κ3) is 38.2. The number of likely N-dealkylation sites (N-methyl/N-ethyl adjacent to an activating group) is 1. The molecule has 0 radical (unpaired) electrons. The van der Waals surface area contributed by atoms with Crippen LogP contribution >= 0.6 is 7.82 Å². The number of esters is 2. The second kappa shape index (κ2) is 35.2. The van der Waals surface area contributed by atoms with E-state index in [0.29, 0.717) is 17.4 Å². The topological polar surface area (TPSA) is 111 Å². The maximum absolute atomic E-state index is 12.6. The van der Waals surface area contributed by atoms with Gasteiger partial charge in [0.2, 0.25) is 0 Å². The molecule has 0 heterocycles. The molecule has 0 aromatic heterocycles. The Morgan fingerprint density at radius 1 is 0.577 bits per heavy atom. The van der Waals surface area contributed by atoms with Crippen molar-refractivity contribution in [3.8, 4) is 0 Å². The number of hydrogen-bond donors (Lipinski definition) is 0. The summed E-state index contributed by atoms with van der Waals surface area (Å²) in [6.45, 7) is 4.18. The Labute approximate surface area is 319 Å². The van der Waals surface area contributed by atoms with Gasteiger partial charge in [0.15, 0.2) is 6.10 Å². The molecule has 0 rings (SSSR count). The van der Waals surface area contributed by atoms with Crippen molar-refractivity contribution in [2.24, 2.45) is 0 Å². The first kappa shape index (κ1) is 50.5. The van der Waals surface area contributed by atoms with Crippen LogP contribution in [0.5, 0.6) is 0 Å². The zero-order valence-corrected chi connectivity index (χ0v) is 35.2. The van der Waals surface area contributed by atoms with E-state index in [1.807, 2.05) is 21.1 Å². The van der Waals surface area contributed by atoms with Crippen molar-refractivity contribution < 1.29 is 42.1 Å². The lowest BCUT2D eigenvalue weighted by Crippen LogP contribution is -2.37. The van der Waals surface area contributed by atoms with Crippen LogP contribution in [0.4, 0.5) is 0 Å². The molecule has 9 nitrogen and oxygen atoms in total. The van der Waals surface area contributed by atoms with Crippen LogP contribution in [0.15, 0.2) is 24.3 Å². The minimum absolute atomic E-state index is 0.0332. The van der Waals surface area contributed by atoms with Gasteiger partial charge in [-0.05, 0) is 64.2 Å². The lowest BCUT2D eigenvalue weighted by Gasteiger charge is -2.28. The van der Waals surface area contributed by atoms with E-state index in [4.69, 9.17) is 18.5 Å². The molecule has 0 aliphatic heterocycles. The van der Waals surface area contributed by atoms with E-state index in [0.717, 1.165) is 57.8 Å². The van der Waals surface area contributed by atoms with Gasteiger partial charge < -0.3 is 27.9 Å². The molecule has 0 amide bonds. The number of allylic oxidation sites excluding steroid dienone is 4. The highest BCUT2D eigenvalue weighted by atomic mass is 31.2. The average Bonchev–Trinajstić information content (AvgIpc) is 3.09. The van der Waals surface area contributed by atoms with E-state index in [1.165, 1.54) is 89.9 Å². The van der Waals surface area contributed by atoms with Crippen LogP contribution in [0, 0.1) is 0 Å². The van der Waals surface area contributed by atoms with Gasteiger partial charge in [0, 0.05) is 12.8 Å². The number of quaternary nitrogens is 1. The Balaban J connectivity index is 4.40. The van der Waals surface area contributed by atoms with Crippen LogP contribution < -0.4 is 4.89 Å². The van der Waals surface area contributed by atoms with E-state index < -0.39 is 32.5 Å². The first-order valence-corrected chi connectivity index (χ1v) is 22.5. The molecule has 0 aliphatic rings. The predicted molar refractivity (Wildman–Crippen MR) is 213 cm³/mol. The Kier molecular flexibility index (Phi) is 34.2. The van der Waals surface area contributed by atoms with E-state index in [-0.39, 0.29) is 26.1 Å². The zero-order valence-electron chi connectivity index (χ0n) is 34.3. The predicted octanol–water partition coefficient (Wildman–Crippen LogP) is 10.9. The molecular weight excluding hydrogens is 677 g/mol. The number of unbranched alkanes of at least 4 members (excludes halogenated alkanes) is 20. The number of nitrogens with zero attached hydrogens (tertiary/aromatic N) is 1. The summed E-state index contributed by atoms with van der Waals surface area (Å²) in [6.07, 6.45) is 36.3.